The molecule has 30 heavy (non-hydrogen) atoms. The second-order valence-electron chi connectivity index (χ2n) is 10.2. The minimum absolute atomic E-state index is 0.0137. The van der Waals surface area contributed by atoms with E-state index in [-0.39, 0.29) is 25.3 Å². The van der Waals surface area contributed by atoms with Crippen molar-refractivity contribution in [2.24, 2.45) is 22.7 Å². The number of Topliss-reactive ketones (excluding diaryl/α,β-unsaturated/α-hetero) is 1. The zero-order chi connectivity index (χ0) is 22.1. The summed E-state index contributed by atoms with van der Waals surface area (Å²) in [7, 11) is 0. The molecule has 0 aromatic rings. The molecule has 4 aliphatic rings. The summed E-state index contributed by atoms with van der Waals surface area (Å²) in [5.74, 6) is -0.104. The van der Waals surface area contributed by atoms with Gasteiger partial charge < -0.3 is 9.84 Å². The molecule has 7 heteroatoms. The standard InChI is InChI=1S/C23H30I2O5/c1-13(26)30-23(18(28)19(24)25)9-7-16-17-5-4-14-12-15(27)6-8-20(14,2)22(17,29)11-10-21(16,23)3/h12,16-17,19,29H,4-11H2,1-3H3/t16-,17-,20-,21-,22+,23-/m0/s1. The molecule has 3 saturated carbocycles. The van der Waals surface area contributed by atoms with Crippen molar-refractivity contribution in [2.75, 3.05) is 0 Å². The third-order valence-corrected chi connectivity index (χ3v) is 10.3. The van der Waals surface area contributed by atoms with E-state index in [2.05, 4.69) is 59.0 Å². The average molecular weight is 640 g/mol. The van der Waals surface area contributed by atoms with Crippen LogP contribution in [0.2, 0.25) is 0 Å². The summed E-state index contributed by atoms with van der Waals surface area (Å²) in [6.45, 7) is 5.63. The summed E-state index contributed by atoms with van der Waals surface area (Å²) in [5, 5.41) is 12.1. The second-order valence-corrected chi connectivity index (χ2v) is 15.1. The summed E-state index contributed by atoms with van der Waals surface area (Å²) in [5.41, 5.74) is -1.77. The number of ether oxygens (including phenoxy) is 1. The van der Waals surface area contributed by atoms with Gasteiger partial charge in [-0.3, -0.25) is 14.4 Å². The topological polar surface area (TPSA) is 80.7 Å². The fourth-order valence-corrected chi connectivity index (χ4v) is 8.55. The number of carbonyl (C=O) groups excluding carboxylic acids is 3. The van der Waals surface area contributed by atoms with Crippen molar-refractivity contribution in [3.8, 4) is 0 Å². The van der Waals surface area contributed by atoms with Crippen LogP contribution in [0.25, 0.3) is 0 Å². The van der Waals surface area contributed by atoms with Crippen molar-refractivity contribution >= 4 is 62.7 Å². The van der Waals surface area contributed by atoms with Crippen LogP contribution in [0.1, 0.15) is 72.1 Å². The van der Waals surface area contributed by atoms with E-state index in [9.17, 15) is 19.5 Å². The average Bonchev–Trinajstić information content (AvgIpc) is 2.95. The van der Waals surface area contributed by atoms with E-state index < -0.39 is 28.0 Å². The van der Waals surface area contributed by atoms with Gasteiger partial charge in [-0.15, -0.1) is 0 Å². The van der Waals surface area contributed by atoms with Crippen LogP contribution >= 0.6 is 45.2 Å². The SMILES string of the molecule is CC(=O)O[C@]1(C(=O)C(I)I)CC[C@H]2[C@@H]3CCC4=CC(=O)CC[C@]4(C)[C@@]3(O)CC[C@@]21C. The lowest BCUT2D eigenvalue weighted by Gasteiger charge is -2.63. The van der Waals surface area contributed by atoms with Gasteiger partial charge in [-0.1, -0.05) is 64.6 Å². The minimum atomic E-state index is -1.11. The molecular weight excluding hydrogens is 610 g/mol. The molecule has 0 spiro atoms. The Morgan fingerprint density at radius 1 is 1.10 bits per heavy atom. The van der Waals surface area contributed by atoms with Crippen LogP contribution < -0.4 is 0 Å². The molecule has 166 valence electrons. The van der Waals surface area contributed by atoms with Gasteiger partial charge in [-0.05, 0) is 62.9 Å². The summed E-state index contributed by atoms with van der Waals surface area (Å²) >= 11 is 4.22. The smallest absolute Gasteiger partial charge is 0.303 e. The summed E-state index contributed by atoms with van der Waals surface area (Å²) in [6.07, 6.45) is 7.09. The maximum Gasteiger partial charge on any atom is 0.303 e. The van der Waals surface area contributed by atoms with Gasteiger partial charge in [0.1, 0.15) is 1.93 Å². The molecule has 6 atom stereocenters. The number of rotatable bonds is 3. The quantitative estimate of drug-likeness (QED) is 0.275. The predicted molar refractivity (Wildman–Crippen MR) is 130 cm³/mol. The van der Waals surface area contributed by atoms with Crippen molar-refractivity contribution in [2.45, 2.75) is 85.3 Å². The molecule has 0 aromatic carbocycles. The van der Waals surface area contributed by atoms with Gasteiger partial charge in [0.2, 0.25) is 0 Å². The van der Waals surface area contributed by atoms with Crippen LogP contribution in [-0.4, -0.2) is 35.8 Å². The van der Waals surface area contributed by atoms with Crippen LogP contribution in [0.4, 0.5) is 0 Å². The van der Waals surface area contributed by atoms with Gasteiger partial charge in [0.15, 0.2) is 17.2 Å². The monoisotopic (exact) mass is 640 g/mol. The Balaban J connectivity index is 1.77. The molecule has 5 nitrogen and oxygen atoms in total. The summed E-state index contributed by atoms with van der Waals surface area (Å²) in [6, 6.07) is 0. The van der Waals surface area contributed by atoms with Crippen LogP contribution in [0.15, 0.2) is 11.6 Å². The van der Waals surface area contributed by atoms with Crippen LogP contribution in [0, 0.1) is 22.7 Å². The first-order valence-corrected chi connectivity index (χ1v) is 13.4. The van der Waals surface area contributed by atoms with E-state index in [1.54, 1.807) is 6.08 Å². The Morgan fingerprint density at radius 3 is 2.43 bits per heavy atom. The highest BCUT2D eigenvalue weighted by Crippen LogP contribution is 2.70. The van der Waals surface area contributed by atoms with E-state index in [1.165, 1.54) is 6.92 Å². The highest BCUT2D eigenvalue weighted by atomic mass is 127. The first kappa shape index (κ1) is 23.1. The molecule has 3 fully saturated rings. The molecule has 1 N–H and O–H groups in total. The molecule has 4 aliphatic carbocycles. The number of alkyl halides is 2. The zero-order valence-corrected chi connectivity index (χ0v) is 22.1. The van der Waals surface area contributed by atoms with Gasteiger partial charge in [0.25, 0.3) is 0 Å². The predicted octanol–water partition coefficient (Wildman–Crippen LogP) is 4.70. The van der Waals surface area contributed by atoms with E-state index in [0.29, 0.717) is 32.1 Å². The lowest BCUT2D eigenvalue weighted by atomic mass is 9.44. The Morgan fingerprint density at radius 2 is 1.80 bits per heavy atom. The third-order valence-electron chi connectivity index (χ3n) is 9.18. The second kappa shape index (κ2) is 7.50. The number of fused-ring (bicyclic) bond motifs is 5. The lowest BCUT2D eigenvalue weighted by molar-refractivity contribution is -0.217. The number of halogens is 2. The molecule has 0 bridgehead atoms. The van der Waals surface area contributed by atoms with Gasteiger partial charge in [-0.25, -0.2) is 0 Å². The Kier molecular flexibility index (Phi) is 5.79. The maximum atomic E-state index is 13.4. The number of ketones is 2. The normalized spacial score (nSPS) is 45.3. The highest BCUT2D eigenvalue weighted by Gasteiger charge is 2.72. The van der Waals surface area contributed by atoms with Gasteiger partial charge in [0, 0.05) is 24.2 Å². The molecule has 0 unspecified atom stereocenters. The van der Waals surface area contributed by atoms with Crippen LogP contribution in [0.3, 0.4) is 0 Å². The number of hydrogen-bond donors (Lipinski definition) is 1. The zero-order valence-electron chi connectivity index (χ0n) is 17.8. The van der Waals surface area contributed by atoms with Crippen LogP contribution in [0.5, 0.6) is 0 Å². The molecule has 0 saturated heterocycles. The number of hydrogen-bond acceptors (Lipinski definition) is 5. The molecule has 0 radical (unpaired) electrons. The minimum Gasteiger partial charge on any atom is -0.451 e. The molecule has 0 amide bonds. The third kappa shape index (κ3) is 2.96. The number of carbonyl (C=O) groups is 3. The van der Waals surface area contributed by atoms with Gasteiger partial charge >= 0.3 is 5.97 Å². The largest absolute Gasteiger partial charge is 0.451 e. The fourth-order valence-electron chi connectivity index (χ4n) is 7.55. The Hall–Kier alpha value is -0.0300. The van der Waals surface area contributed by atoms with Gasteiger partial charge in [0.05, 0.1) is 5.60 Å². The van der Waals surface area contributed by atoms with Crippen molar-refractivity contribution in [1.82, 2.24) is 0 Å². The summed E-state index contributed by atoms with van der Waals surface area (Å²) < 4.78 is 5.64. The first-order chi connectivity index (χ1) is 13.9. The molecule has 4 rings (SSSR count). The number of esters is 1. The Labute approximate surface area is 205 Å². The maximum absolute atomic E-state index is 13.4. The lowest BCUT2D eigenvalue weighted by Crippen LogP contribution is -2.66. The first-order valence-electron chi connectivity index (χ1n) is 10.9. The van der Waals surface area contributed by atoms with Crippen LogP contribution in [-0.2, 0) is 19.1 Å². The number of aliphatic hydroxyl groups is 1. The van der Waals surface area contributed by atoms with E-state index in [1.807, 2.05) is 0 Å². The summed E-state index contributed by atoms with van der Waals surface area (Å²) in [4.78, 5) is 37.6. The molecule has 0 heterocycles. The fraction of sp³-hybridized carbons (Fsp3) is 0.783. The highest BCUT2D eigenvalue weighted by molar-refractivity contribution is 14.2. The van der Waals surface area contributed by atoms with Gasteiger partial charge in [-0.2, -0.15) is 0 Å². The van der Waals surface area contributed by atoms with Crippen molar-refractivity contribution < 1.29 is 24.2 Å². The Bertz CT molecular complexity index is 837. The van der Waals surface area contributed by atoms with E-state index >= 15 is 0 Å². The molecule has 0 aliphatic heterocycles. The van der Waals surface area contributed by atoms with Crippen molar-refractivity contribution in [3.63, 3.8) is 0 Å². The van der Waals surface area contributed by atoms with Crippen molar-refractivity contribution in [3.05, 3.63) is 11.6 Å². The van der Waals surface area contributed by atoms with Crippen molar-refractivity contribution in [1.29, 1.82) is 0 Å². The molecule has 0 aromatic heterocycles. The molecular formula is C23H30I2O5. The van der Waals surface area contributed by atoms with E-state index in [0.717, 1.165) is 24.8 Å². The van der Waals surface area contributed by atoms with E-state index in [4.69, 9.17) is 4.74 Å².